The quantitative estimate of drug-likeness (QED) is 0.407. The average Bonchev–Trinajstić information content (AvgIpc) is 3.44. The SMILES string of the molecule is CCN(C(=O)OC1CCCC1)c1ccc(-c2c(C#N)c3ccc(OC)cc3n2C2CCC2)cc1. The van der Waals surface area contributed by atoms with E-state index in [9.17, 15) is 10.1 Å². The minimum absolute atomic E-state index is 0.0363. The smallest absolute Gasteiger partial charge is 0.414 e. The summed E-state index contributed by atoms with van der Waals surface area (Å²) in [7, 11) is 1.67. The number of nitriles is 1. The number of rotatable bonds is 6. The van der Waals surface area contributed by atoms with Crippen molar-refractivity contribution < 1.29 is 14.3 Å². The van der Waals surface area contributed by atoms with Gasteiger partial charge in [0, 0.05) is 29.7 Å². The second kappa shape index (κ2) is 9.42. The Hall–Kier alpha value is -3.46. The molecule has 2 aliphatic carbocycles. The first-order valence-corrected chi connectivity index (χ1v) is 12.3. The molecule has 0 N–H and O–H groups in total. The Labute approximate surface area is 200 Å². The Morgan fingerprint density at radius 1 is 1.09 bits per heavy atom. The van der Waals surface area contributed by atoms with Crippen molar-refractivity contribution in [3.63, 3.8) is 0 Å². The van der Waals surface area contributed by atoms with Gasteiger partial charge in [-0.25, -0.2) is 4.79 Å². The highest BCUT2D eigenvalue weighted by atomic mass is 16.6. The largest absolute Gasteiger partial charge is 0.497 e. The van der Waals surface area contributed by atoms with Crippen LogP contribution in [0.3, 0.4) is 0 Å². The van der Waals surface area contributed by atoms with Gasteiger partial charge in [-0.05, 0) is 81.7 Å². The number of methoxy groups -OCH3 is 1. The van der Waals surface area contributed by atoms with Crippen molar-refractivity contribution in [1.29, 1.82) is 5.26 Å². The monoisotopic (exact) mass is 457 g/mol. The molecule has 176 valence electrons. The van der Waals surface area contributed by atoms with Gasteiger partial charge in [-0.1, -0.05) is 12.1 Å². The number of anilines is 1. The summed E-state index contributed by atoms with van der Waals surface area (Å²) in [6, 6.07) is 16.7. The molecule has 3 aromatic rings. The first-order valence-electron chi connectivity index (χ1n) is 12.3. The van der Waals surface area contributed by atoms with Gasteiger partial charge in [0.25, 0.3) is 0 Å². The van der Waals surface area contributed by atoms with Crippen molar-refractivity contribution >= 4 is 22.7 Å². The Morgan fingerprint density at radius 3 is 2.41 bits per heavy atom. The van der Waals surface area contributed by atoms with E-state index >= 15 is 0 Å². The summed E-state index contributed by atoms with van der Waals surface area (Å²) in [5, 5.41) is 11.1. The first-order chi connectivity index (χ1) is 16.6. The van der Waals surface area contributed by atoms with Crippen molar-refractivity contribution in [3.05, 3.63) is 48.0 Å². The van der Waals surface area contributed by atoms with Crippen LogP contribution in [0, 0.1) is 11.3 Å². The van der Waals surface area contributed by atoms with Crippen molar-refractivity contribution in [3.8, 4) is 23.1 Å². The fourth-order valence-electron chi connectivity index (χ4n) is 5.27. The number of aromatic nitrogens is 1. The second-order valence-electron chi connectivity index (χ2n) is 9.25. The maximum Gasteiger partial charge on any atom is 0.414 e. The van der Waals surface area contributed by atoms with E-state index < -0.39 is 0 Å². The molecule has 0 atom stereocenters. The number of nitrogens with zero attached hydrogens (tertiary/aromatic N) is 3. The number of hydrogen-bond donors (Lipinski definition) is 0. The summed E-state index contributed by atoms with van der Waals surface area (Å²) in [6.45, 7) is 2.50. The zero-order valence-electron chi connectivity index (χ0n) is 19.9. The highest BCUT2D eigenvalue weighted by Gasteiger charge is 2.28. The van der Waals surface area contributed by atoms with Crippen LogP contribution in [-0.2, 0) is 4.74 Å². The van der Waals surface area contributed by atoms with Crippen LogP contribution in [0.25, 0.3) is 22.2 Å². The summed E-state index contributed by atoms with van der Waals surface area (Å²) in [5.74, 6) is 0.788. The van der Waals surface area contributed by atoms with E-state index in [-0.39, 0.29) is 12.2 Å². The molecule has 1 aromatic heterocycles. The Bertz CT molecular complexity index is 1230. The van der Waals surface area contributed by atoms with Crippen molar-refractivity contribution in [1.82, 2.24) is 4.57 Å². The Balaban J connectivity index is 1.52. The summed E-state index contributed by atoms with van der Waals surface area (Å²) >= 11 is 0. The minimum Gasteiger partial charge on any atom is -0.497 e. The van der Waals surface area contributed by atoms with Gasteiger partial charge in [0.15, 0.2) is 0 Å². The molecule has 0 unspecified atom stereocenters. The van der Waals surface area contributed by atoms with E-state index in [4.69, 9.17) is 9.47 Å². The third kappa shape index (κ3) is 3.90. The minimum atomic E-state index is -0.282. The number of fused-ring (bicyclic) bond motifs is 1. The van der Waals surface area contributed by atoms with Gasteiger partial charge in [-0.3, -0.25) is 4.90 Å². The van der Waals surface area contributed by atoms with E-state index in [1.54, 1.807) is 12.0 Å². The van der Waals surface area contributed by atoms with Crippen LogP contribution < -0.4 is 9.64 Å². The lowest BCUT2D eigenvalue weighted by molar-refractivity contribution is 0.108. The molecule has 0 saturated heterocycles. The normalized spacial score (nSPS) is 16.3. The zero-order valence-corrected chi connectivity index (χ0v) is 19.9. The van der Waals surface area contributed by atoms with Gasteiger partial charge < -0.3 is 14.0 Å². The van der Waals surface area contributed by atoms with Gasteiger partial charge >= 0.3 is 6.09 Å². The Kier molecular flexibility index (Phi) is 6.19. The van der Waals surface area contributed by atoms with Crippen molar-refractivity contribution in [2.75, 3.05) is 18.6 Å². The molecule has 2 fully saturated rings. The lowest BCUT2D eigenvalue weighted by Gasteiger charge is -2.30. The first kappa shape index (κ1) is 22.3. The van der Waals surface area contributed by atoms with Crippen LogP contribution in [-0.4, -0.2) is 30.4 Å². The molecular weight excluding hydrogens is 426 g/mol. The topological polar surface area (TPSA) is 67.5 Å². The maximum atomic E-state index is 12.8. The molecule has 1 heterocycles. The molecule has 1 amide bonds. The number of amides is 1. The second-order valence-corrected chi connectivity index (χ2v) is 9.25. The van der Waals surface area contributed by atoms with Crippen LogP contribution in [0.15, 0.2) is 42.5 Å². The third-order valence-corrected chi connectivity index (χ3v) is 7.32. The highest BCUT2D eigenvalue weighted by molar-refractivity contribution is 5.96. The third-order valence-electron chi connectivity index (χ3n) is 7.32. The standard InChI is InChI=1S/C28H31N3O3/c1-3-30(28(32)34-22-9-4-5-10-22)20-13-11-19(12-14-20)27-25(18-29)24-16-15-23(33-2)17-26(24)31(27)21-7-6-8-21/h11-17,21-22H,3-10H2,1-2H3. The van der Waals surface area contributed by atoms with Crippen LogP contribution in [0.1, 0.15) is 63.5 Å². The molecule has 34 heavy (non-hydrogen) atoms. The Morgan fingerprint density at radius 2 is 1.82 bits per heavy atom. The number of benzene rings is 2. The van der Waals surface area contributed by atoms with Gasteiger partial charge in [-0.15, -0.1) is 0 Å². The molecule has 0 bridgehead atoms. The molecule has 5 rings (SSSR count). The van der Waals surface area contributed by atoms with E-state index in [1.807, 2.05) is 49.4 Å². The van der Waals surface area contributed by atoms with Gasteiger partial charge in [-0.2, -0.15) is 5.26 Å². The van der Waals surface area contributed by atoms with Crippen LogP contribution >= 0.6 is 0 Å². The summed E-state index contributed by atoms with van der Waals surface area (Å²) in [4.78, 5) is 14.5. The van der Waals surface area contributed by atoms with E-state index in [0.717, 1.165) is 72.1 Å². The molecule has 6 heteroatoms. The molecule has 2 aliphatic rings. The lowest BCUT2D eigenvalue weighted by atomic mass is 9.92. The van der Waals surface area contributed by atoms with Gasteiger partial charge in [0.1, 0.15) is 17.9 Å². The van der Waals surface area contributed by atoms with Crippen LogP contribution in [0.5, 0.6) is 5.75 Å². The lowest BCUT2D eigenvalue weighted by Crippen LogP contribution is -2.33. The fourth-order valence-corrected chi connectivity index (χ4v) is 5.27. The molecule has 0 aliphatic heterocycles. The summed E-state index contributed by atoms with van der Waals surface area (Å²) in [6.07, 6.45) is 7.32. The van der Waals surface area contributed by atoms with Crippen LogP contribution in [0.4, 0.5) is 10.5 Å². The molecule has 2 aromatic carbocycles. The molecule has 6 nitrogen and oxygen atoms in total. The number of hydrogen-bond acceptors (Lipinski definition) is 4. The fraction of sp³-hybridized carbons (Fsp3) is 0.429. The highest BCUT2D eigenvalue weighted by Crippen LogP contribution is 2.43. The number of carbonyl (C=O) groups is 1. The van der Waals surface area contributed by atoms with Crippen molar-refractivity contribution in [2.24, 2.45) is 0 Å². The summed E-state index contributed by atoms with van der Waals surface area (Å²) in [5.41, 5.74) is 4.45. The zero-order chi connectivity index (χ0) is 23.7. The maximum absolute atomic E-state index is 12.8. The molecule has 0 spiro atoms. The van der Waals surface area contributed by atoms with Gasteiger partial charge in [0.2, 0.25) is 0 Å². The average molecular weight is 458 g/mol. The molecule has 2 saturated carbocycles. The summed E-state index contributed by atoms with van der Waals surface area (Å²) < 4.78 is 13.5. The molecule has 0 radical (unpaired) electrons. The van der Waals surface area contributed by atoms with Gasteiger partial charge in [0.05, 0.1) is 23.9 Å². The predicted molar refractivity (Wildman–Crippen MR) is 133 cm³/mol. The van der Waals surface area contributed by atoms with Crippen molar-refractivity contribution in [2.45, 2.75) is 64.0 Å². The van der Waals surface area contributed by atoms with E-state index in [0.29, 0.717) is 18.2 Å². The van der Waals surface area contributed by atoms with E-state index in [2.05, 4.69) is 10.6 Å². The number of carbonyl (C=O) groups excluding carboxylic acids is 1. The molecular formula is C28H31N3O3. The predicted octanol–water partition coefficient (Wildman–Crippen LogP) is 6.82. The number of ether oxygens (including phenoxy) is 2. The van der Waals surface area contributed by atoms with Crippen LogP contribution in [0.2, 0.25) is 0 Å². The van der Waals surface area contributed by atoms with E-state index in [1.165, 1.54) is 6.42 Å².